The zero-order chi connectivity index (χ0) is 25.1. The molecule has 4 heterocycles. The van der Waals surface area contributed by atoms with E-state index in [4.69, 9.17) is 15.7 Å². The molecule has 1 saturated carbocycles. The van der Waals surface area contributed by atoms with Crippen LogP contribution in [0.3, 0.4) is 0 Å². The number of nitrogens with zero attached hydrogens (tertiary/aromatic N) is 6. The predicted octanol–water partition coefficient (Wildman–Crippen LogP) is 4.01. The van der Waals surface area contributed by atoms with Crippen LogP contribution in [0.4, 0.5) is 5.82 Å². The number of rotatable bonds is 5. The van der Waals surface area contributed by atoms with Crippen molar-refractivity contribution >= 4 is 22.2 Å². The molecule has 1 saturated heterocycles. The second-order valence-electron chi connectivity index (χ2n) is 10.5. The van der Waals surface area contributed by atoms with Crippen molar-refractivity contribution in [1.29, 1.82) is 0 Å². The molecule has 2 aliphatic rings. The fourth-order valence-electron chi connectivity index (χ4n) is 5.83. The van der Waals surface area contributed by atoms with Crippen LogP contribution in [0.2, 0.25) is 0 Å². The van der Waals surface area contributed by atoms with Crippen LogP contribution in [0.25, 0.3) is 38.9 Å². The number of nitrogen functional groups attached to an aromatic ring is 1. The maximum atomic E-state index is 11.1. The van der Waals surface area contributed by atoms with Gasteiger partial charge in [-0.3, -0.25) is 0 Å². The molecule has 0 spiro atoms. The van der Waals surface area contributed by atoms with Gasteiger partial charge in [0, 0.05) is 45.2 Å². The van der Waals surface area contributed by atoms with Crippen LogP contribution in [0.1, 0.15) is 36.6 Å². The number of hydrogen-bond acceptors (Lipinski definition) is 7. The van der Waals surface area contributed by atoms with Gasteiger partial charge in [-0.15, -0.1) is 23.6 Å². The zero-order valence-electron chi connectivity index (χ0n) is 21.3. The first-order chi connectivity index (χ1) is 18.0. The summed E-state index contributed by atoms with van der Waals surface area (Å²) >= 11 is 0. The summed E-state index contributed by atoms with van der Waals surface area (Å²) in [6, 6.07) is 19.5. The summed E-state index contributed by atoms with van der Waals surface area (Å²) in [5.41, 5.74) is 11.9. The second-order valence-corrected chi connectivity index (χ2v) is 10.5. The molecule has 2 aromatic carbocycles. The molecule has 1 radical (unpaired) electrons. The Hall–Kier alpha value is -2.78. The number of pyridine rings is 1. The molecule has 1 aliphatic carbocycles. The molecule has 3 aromatic heterocycles. The standard InChI is InChI=1S/C29H28N7O.Y/c1-18-22(10-8-20-9-11-23(33-24(18)20)19-6-3-2-4-7-19)25-26-27(30)31-17-32-36(26)28(34-25)21-14-29(37,15-21)16-35-12-5-13-35;/h2-4,6-8,10-11,17,21,37H,5,12-16H2,1H3,(H2,30,31,32);/q-1;. The minimum atomic E-state index is -0.665. The van der Waals surface area contributed by atoms with E-state index >= 15 is 0 Å². The van der Waals surface area contributed by atoms with E-state index < -0.39 is 5.60 Å². The van der Waals surface area contributed by atoms with Gasteiger partial charge >= 0.3 is 0 Å². The minimum absolute atomic E-state index is 0. The average Bonchev–Trinajstić information content (AvgIpc) is 3.26. The Kier molecular flexibility index (Phi) is 6.55. The smallest absolute Gasteiger partial charge is 0.153 e. The van der Waals surface area contributed by atoms with Gasteiger partial charge in [0.25, 0.3) is 0 Å². The number of imidazole rings is 1. The largest absolute Gasteiger partial charge is 0.389 e. The Balaban J connectivity index is 0.00000264. The fraction of sp³-hybridized carbons (Fsp3) is 0.310. The number of likely N-dealkylation sites (tertiary alicyclic amines) is 1. The van der Waals surface area contributed by atoms with Crippen molar-refractivity contribution in [3.63, 3.8) is 0 Å². The van der Waals surface area contributed by atoms with Gasteiger partial charge in [-0.2, -0.15) is 5.10 Å². The van der Waals surface area contributed by atoms with Crippen molar-refractivity contribution in [3.05, 3.63) is 72.3 Å². The van der Waals surface area contributed by atoms with Crippen LogP contribution in [-0.4, -0.2) is 59.8 Å². The fourth-order valence-corrected chi connectivity index (χ4v) is 5.83. The van der Waals surface area contributed by atoms with Gasteiger partial charge in [-0.1, -0.05) is 42.0 Å². The second kappa shape index (κ2) is 9.76. The van der Waals surface area contributed by atoms with Gasteiger partial charge in [-0.25, -0.2) is 14.5 Å². The first-order valence-electron chi connectivity index (χ1n) is 12.8. The summed E-state index contributed by atoms with van der Waals surface area (Å²) in [5.74, 6) is 1.32. The summed E-state index contributed by atoms with van der Waals surface area (Å²) in [6.07, 6.45) is 4.02. The Morgan fingerprint density at radius 2 is 1.89 bits per heavy atom. The summed E-state index contributed by atoms with van der Waals surface area (Å²) in [5, 5.41) is 16.5. The average molecular weight is 579 g/mol. The normalized spacial score (nSPS) is 21.2. The minimum Gasteiger partial charge on any atom is -0.389 e. The van der Waals surface area contributed by atoms with Crippen molar-refractivity contribution in [3.8, 4) is 22.5 Å². The molecule has 7 rings (SSSR count). The molecule has 0 amide bonds. The number of aryl methyl sites for hydroxylation is 1. The topological polar surface area (TPSA) is 105 Å². The first kappa shape index (κ1) is 25.5. The van der Waals surface area contributed by atoms with Crippen molar-refractivity contribution in [2.24, 2.45) is 0 Å². The van der Waals surface area contributed by atoms with Crippen LogP contribution in [0, 0.1) is 13.0 Å². The molecule has 2 fully saturated rings. The molecule has 9 heteroatoms. The SMILES string of the molecule is Cc1c(-c2nc(C3CC(O)(CN4CCC4)C3)n3ncnc(N)c23)ccc2[c-]cc(-c3ccccc3)nc12.[Y]. The molecule has 0 unspecified atom stereocenters. The molecule has 5 aromatic rings. The Morgan fingerprint density at radius 1 is 1.11 bits per heavy atom. The number of hydrogen-bond donors (Lipinski definition) is 2. The van der Waals surface area contributed by atoms with Gasteiger partial charge in [-0.05, 0) is 61.6 Å². The van der Waals surface area contributed by atoms with E-state index in [1.165, 1.54) is 12.7 Å². The number of benzene rings is 2. The Labute approximate surface area is 246 Å². The monoisotopic (exact) mass is 579 g/mol. The number of fused-ring (bicyclic) bond motifs is 2. The van der Waals surface area contributed by atoms with Crippen LogP contribution in [-0.2, 0) is 32.7 Å². The van der Waals surface area contributed by atoms with Gasteiger partial charge in [0.05, 0.1) is 5.60 Å². The predicted molar refractivity (Wildman–Crippen MR) is 143 cm³/mol. The molecule has 189 valence electrons. The van der Waals surface area contributed by atoms with E-state index in [9.17, 15) is 5.11 Å². The van der Waals surface area contributed by atoms with Gasteiger partial charge in [0.1, 0.15) is 23.4 Å². The summed E-state index contributed by atoms with van der Waals surface area (Å²) in [7, 11) is 0. The van der Waals surface area contributed by atoms with Crippen molar-refractivity contribution in [1.82, 2.24) is 29.5 Å². The van der Waals surface area contributed by atoms with E-state index in [-0.39, 0.29) is 38.6 Å². The molecule has 3 N–H and O–H groups in total. The van der Waals surface area contributed by atoms with Gasteiger partial charge in [0.2, 0.25) is 0 Å². The Morgan fingerprint density at radius 3 is 2.63 bits per heavy atom. The number of anilines is 1. The number of aromatic nitrogens is 5. The van der Waals surface area contributed by atoms with Crippen LogP contribution in [0.15, 0.2) is 54.9 Å². The van der Waals surface area contributed by atoms with Crippen molar-refractivity contribution in [2.75, 3.05) is 25.4 Å². The van der Waals surface area contributed by atoms with E-state index in [1.807, 2.05) is 34.8 Å². The summed E-state index contributed by atoms with van der Waals surface area (Å²) in [4.78, 5) is 16.7. The van der Waals surface area contributed by atoms with E-state index in [0.29, 0.717) is 24.2 Å². The Bertz CT molecular complexity index is 1640. The molecule has 8 nitrogen and oxygen atoms in total. The zero-order valence-corrected chi connectivity index (χ0v) is 24.1. The molecule has 0 atom stereocenters. The molecular formula is C29H28N7OY-. The first-order valence-corrected chi connectivity index (χ1v) is 12.8. The van der Waals surface area contributed by atoms with Crippen LogP contribution in [0.5, 0.6) is 0 Å². The van der Waals surface area contributed by atoms with Crippen LogP contribution < -0.4 is 5.73 Å². The molecular weight excluding hydrogens is 551 g/mol. The maximum Gasteiger partial charge on any atom is 0.153 e. The summed E-state index contributed by atoms with van der Waals surface area (Å²) in [6.45, 7) is 4.94. The van der Waals surface area contributed by atoms with Gasteiger partial charge < -0.3 is 20.7 Å². The number of β-amino-alcohol motifs (C(OH)–C–C–N with tert-alkyl or cyclic N) is 1. The number of aliphatic hydroxyl groups is 1. The van der Waals surface area contributed by atoms with Gasteiger partial charge in [0.15, 0.2) is 5.82 Å². The molecule has 38 heavy (non-hydrogen) atoms. The number of nitrogens with two attached hydrogens (primary N) is 1. The quantitative estimate of drug-likeness (QED) is 0.303. The third-order valence-electron chi connectivity index (χ3n) is 7.92. The van der Waals surface area contributed by atoms with E-state index in [1.54, 1.807) is 0 Å². The maximum absolute atomic E-state index is 11.1. The van der Waals surface area contributed by atoms with E-state index in [0.717, 1.165) is 64.4 Å². The third-order valence-corrected chi connectivity index (χ3v) is 7.92. The third kappa shape index (κ3) is 4.24. The molecule has 0 bridgehead atoms. The van der Waals surface area contributed by atoms with Crippen molar-refractivity contribution in [2.45, 2.75) is 37.7 Å². The molecule has 1 aliphatic heterocycles. The van der Waals surface area contributed by atoms with E-state index in [2.05, 4.69) is 46.2 Å². The van der Waals surface area contributed by atoms with Crippen LogP contribution >= 0.6 is 0 Å². The summed E-state index contributed by atoms with van der Waals surface area (Å²) < 4.78 is 1.81. The van der Waals surface area contributed by atoms with Crippen molar-refractivity contribution < 1.29 is 37.8 Å².